The Bertz CT molecular complexity index is 429. The van der Waals surface area contributed by atoms with E-state index in [0.29, 0.717) is 13.0 Å². The van der Waals surface area contributed by atoms with Crippen molar-refractivity contribution in [1.29, 1.82) is 0 Å². The normalized spacial score (nSPS) is 25.3. The van der Waals surface area contributed by atoms with E-state index < -0.39 is 33.1 Å². The van der Waals surface area contributed by atoms with E-state index in [4.69, 9.17) is 4.74 Å². The van der Waals surface area contributed by atoms with Crippen LogP contribution >= 0.6 is 0 Å². The molecular formula is C11H20FNO4S. The fraction of sp³-hybridized carbons (Fsp3) is 0.909. The first kappa shape index (κ1) is 15.2. The molecule has 0 saturated carbocycles. The molecule has 0 aromatic carbocycles. The summed E-state index contributed by atoms with van der Waals surface area (Å²) in [5.41, 5.74) is -1.33. The largest absolute Gasteiger partial charge is 0.444 e. The molecule has 0 bridgehead atoms. The number of carbonyl (C=O) groups excluding carboxylic acids is 1. The summed E-state index contributed by atoms with van der Waals surface area (Å²) in [5, 5.41) is 0. The highest BCUT2D eigenvalue weighted by Crippen LogP contribution is 2.32. The smallest absolute Gasteiger partial charge is 0.410 e. The molecule has 1 atom stereocenters. The van der Waals surface area contributed by atoms with E-state index in [-0.39, 0.29) is 6.54 Å². The van der Waals surface area contributed by atoms with Crippen LogP contribution in [0.2, 0.25) is 0 Å². The molecule has 1 fully saturated rings. The van der Waals surface area contributed by atoms with Gasteiger partial charge in [-0.2, -0.15) is 8.42 Å². The van der Waals surface area contributed by atoms with Gasteiger partial charge in [0.25, 0.3) is 0 Å². The number of ether oxygens (including phenoxy) is 1. The van der Waals surface area contributed by atoms with Crippen LogP contribution in [0.25, 0.3) is 0 Å². The zero-order valence-electron chi connectivity index (χ0n) is 11.2. The van der Waals surface area contributed by atoms with E-state index in [1.165, 1.54) is 4.90 Å². The van der Waals surface area contributed by atoms with E-state index in [9.17, 15) is 17.1 Å². The van der Waals surface area contributed by atoms with Gasteiger partial charge in [0.1, 0.15) is 5.60 Å². The summed E-state index contributed by atoms with van der Waals surface area (Å²) in [6, 6.07) is 0. The van der Waals surface area contributed by atoms with Crippen molar-refractivity contribution in [2.24, 2.45) is 5.41 Å². The molecule has 1 heterocycles. The molecule has 0 radical (unpaired) electrons. The van der Waals surface area contributed by atoms with Crippen molar-refractivity contribution in [2.75, 3.05) is 18.8 Å². The zero-order valence-corrected chi connectivity index (χ0v) is 12.0. The number of hydrogen-bond acceptors (Lipinski definition) is 4. The van der Waals surface area contributed by atoms with Crippen LogP contribution in [0.3, 0.4) is 0 Å². The van der Waals surface area contributed by atoms with Crippen LogP contribution in [0.5, 0.6) is 0 Å². The maximum absolute atomic E-state index is 12.7. The maximum atomic E-state index is 12.7. The Morgan fingerprint density at radius 3 is 2.44 bits per heavy atom. The van der Waals surface area contributed by atoms with Crippen LogP contribution < -0.4 is 0 Å². The number of amides is 1. The number of likely N-dealkylation sites (tertiary alicyclic amines) is 1. The Labute approximate surface area is 108 Å². The minimum Gasteiger partial charge on any atom is -0.444 e. The van der Waals surface area contributed by atoms with Crippen molar-refractivity contribution < 1.29 is 21.8 Å². The predicted molar refractivity (Wildman–Crippen MR) is 65.4 cm³/mol. The molecule has 1 aliphatic heterocycles. The van der Waals surface area contributed by atoms with Crippen LogP contribution in [0.4, 0.5) is 8.68 Å². The summed E-state index contributed by atoms with van der Waals surface area (Å²) in [6.45, 7) is 7.52. The first-order valence-corrected chi connectivity index (χ1v) is 7.36. The van der Waals surface area contributed by atoms with Gasteiger partial charge in [0.05, 0.1) is 5.75 Å². The van der Waals surface area contributed by atoms with Gasteiger partial charge in [-0.15, -0.1) is 3.89 Å². The quantitative estimate of drug-likeness (QED) is 0.726. The van der Waals surface area contributed by atoms with Crippen LogP contribution in [-0.4, -0.2) is 43.9 Å². The third kappa shape index (κ3) is 4.80. The van der Waals surface area contributed by atoms with Crippen molar-refractivity contribution in [3.8, 4) is 0 Å². The molecule has 0 spiro atoms. The van der Waals surface area contributed by atoms with E-state index in [1.807, 2.05) is 0 Å². The lowest BCUT2D eigenvalue weighted by atomic mass is 9.93. The van der Waals surface area contributed by atoms with Gasteiger partial charge < -0.3 is 9.64 Å². The highest BCUT2D eigenvalue weighted by molar-refractivity contribution is 7.86. The first-order valence-electron chi connectivity index (χ1n) is 5.81. The Balaban J connectivity index is 2.63. The second kappa shape index (κ2) is 4.68. The Morgan fingerprint density at radius 2 is 2.00 bits per heavy atom. The lowest BCUT2D eigenvalue weighted by Crippen LogP contribution is -2.37. The van der Waals surface area contributed by atoms with Gasteiger partial charge in [-0.25, -0.2) is 4.79 Å². The summed E-state index contributed by atoms with van der Waals surface area (Å²) in [6.07, 6.45) is -0.0301. The average molecular weight is 281 g/mol. The standard InChI is InChI=1S/C11H20FNO4S/c1-10(2,3)17-9(14)13-6-5-11(4,7-13)8-18(12,15)16/h5-8H2,1-4H3. The van der Waals surface area contributed by atoms with Crippen molar-refractivity contribution in [3.63, 3.8) is 0 Å². The summed E-state index contributed by atoms with van der Waals surface area (Å²) in [7, 11) is -4.53. The van der Waals surface area contributed by atoms with Gasteiger partial charge in [-0.05, 0) is 27.2 Å². The number of nitrogens with zero attached hydrogens (tertiary/aromatic N) is 1. The van der Waals surface area contributed by atoms with Gasteiger partial charge in [0.15, 0.2) is 0 Å². The molecule has 0 aliphatic carbocycles. The second-order valence-electron chi connectivity index (χ2n) is 6.15. The summed E-state index contributed by atoms with van der Waals surface area (Å²) >= 11 is 0. The lowest BCUT2D eigenvalue weighted by molar-refractivity contribution is 0.0278. The number of carbonyl (C=O) groups is 1. The van der Waals surface area contributed by atoms with E-state index in [2.05, 4.69) is 0 Å². The third-order valence-corrected chi connectivity index (χ3v) is 3.77. The minimum atomic E-state index is -4.53. The number of halogens is 1. The van der Waals surface area contributed by atoms with Gasteiger partial charge in [0, 0.05) is 18.5 Å². The van der Waals surface area contributed by atoms with E-state index in [0.717, 1.165) is 0 Å². The SMILES string of the molecule is CC1(CS(=O)(=O)F)CCN(C(=O)OC(C)(C)C)C1. The molecule has 0 N–H and O–H groups in total. The third-order valence-electron chi connectivity index (χ3n) is 2.73. The molecule has 1 amide bonds. The summed E-state index contributed by atoms with van der Waals surface area (Å²) < 4.78 is 39.3. The highest BCUT2D eigenvalue weighted by atomic mass is 32.3. The van der Waals surface area contributed by atoms with Crippen molar-refractivity contribution in [2.45, 2.75) is 39.7 Å². The number of hydrogen-bond donors (Lipinski definition) is 0. The molecule has 1 unspecified atom stereocenters. The minimum absolute atomic E-state index is 0.199. The second-order valence-corrected chi connectivity index (χ2v) is 7.51. The fourth-order valence-corrected chi connectivity index (χ4v) is 3.11. The van der Waals surface area contributed by atoms with E-state index in [1.54, 1.807) is 27.7 Å². The highest BCUT2D eigenvalue weighted by Gasteiger charge is 2.40. The van der Waals surface area contributed by atoms with Gasteiger partial charge in [-0.3, -0.25) is 0 Å². The predicted octanol–water partition coefficient (Wildman–Crippen LogP) is 1.93. The molecule has 0 aromatic heterocycles. The van der Waals surface area contributed by atoms with Crippen molar-refractivity contribution in [3.05, 3.63) is 0 Å². The number of rotatable bonds is 2. The Kier molecular flexibility index (Phi) is 3.95. The topological polar surface area (TPSA) is 63.7 Å². The summed E-state index contributed by atoms with van der Waals surface area (Å²) in [5.74, 6) is -0.556. The van der Waals surface area contributed by atoms with Crippen LogP contribution in [0, 0.1) is 5.41 Å². The zero-order chi connectivity index (χ0) is 14.2. The maximum Gasteiger partial charge on any atom is 0.410 e. The summed E-state index contributed by atoms with van der Waals surface area (Å²) in [4.78, 5) is 13.2. The fourth-order valence-electron chi connectivity index (χ4n) is 2.04. The molecule has 7 heteroatoms. The molecule has 1 rings (SSSR count). The molecule has 1 saturated heterocycles. The molecule has 5 nitrogen and oxygen atoms in total. The van der Waals surface area contributed by atoms with Crippen molar-refractivity contribution >= 4 is 16.3 Å². The lowest BCUT2D eigenvalue weighted by Gasteiger charge is -2.26. The monoisotopic (exact) mass is 281 g/mol. The van der Waals surface area contributed by atoms with Crippen LogP contribution in [0.15, 0.2) is 0 Å². The van der Waals surface area contributed by atoms with Gasteiger partial charge >= 0.3 is 16.3 Å². The average Bonchev–Trinajstić information content (AvgIpc) is 2.40. The molecular weight excluding hydrogens is 261 g/mol. The first-order chi connectivity index (χ1) is 7.90. The van der Waals surface area contributed by atoms with Crippen LogP contribution in [-0.2, 0) is 15.0 Å². The molecule has 106 valence electrons. The molecule has 1 aliphatic rings. The van der Waals surface area contributed by atoms with Gasteiger partial charge in [-0.1, -0.05) is 6.92 Å². The Hall–Kier alpha value is -0.850. The van der Waals surface area contributed by atoms with Crippen molar-refractivity contribution in [1.82, 2.24) is 4.90 Å². The van der Waals surface area contributed by atoms with Crippen LogP contribution in [0.1, 0.15) is 34.1 Å². The molecule has 0 aromatic rings. The van der Waals surface area contributed by atoms with E-state index >= 15 is 0 Å². The van der Waals surface area contributed by atoms with Gasteiger partial charge in [0.2, 0.25) is 0 Å². The Morgan fingerprint density at radius 1 is 1.44 bits per heavy atom. The molecule has 18 heavy (non-hydrogen) atoms.